The molecule has 0 atom stereocenters. The molecule has 32 heavy (non-hydrogen) atoms. The summed E-state index contributed by atoms with van der Waals surface area (Å²) in [7, 11) is 0. The van der Waals surface area contributed by atoms with Gasteiger partial charge in [0.05, 0.1) is 11.1 Å². The Morgan fingerprint density at radius 2 is 1.75 bits per heavy atom. The Hall–Kier alpha value is -3.84. The van der Waals surface area contributed by atoms with Gasteiger partial charge in [-0.2, -0.15) is 0 Å². The summed E-state index contributed by atoms with van der Waals surface area (Å²) in [5.74, 6) is -1.42. The van der Waals surface area contributed by atoms with Gasteiger partial charge in [0.25, 0.3) is 0 Å². The lowest BCUT2D eigenvalue weighted by atomic mass is 10.0. The largest absolute Gasteiger partial charge is 0.350 e. The predicted molar refractivity (Wildman–Crippen MR) is 119 cm³/mol. The molecule has 2 aromatic carbocycles. The maximum Gasteiger partial charge on any atom is 0.240 e. The summed E-state index contributed by atoms with van der Waals surface area (Å²) < 4.78 is 15.3. The molecule has 0 saturated heterocycles. The minimum absolute atomic E-state index is 0.110. The fourth-order valence-corrected chi connectivity index (χ4v) is 3.45. The molecule has 0 radical (unpaired) electrons. The fourth-order valence-electron chi connectivity index (χ4n) is 3.33. The van der Waals surface area contributed by atoms with Gasteiger partial charge in [-0.3, -0.25) is 19.4 Å². The molecule has 0 unspecified atom stereocenters. The van der Waals surface area contributed by atoms with E-state index in [0.717, 1.165) is 11.6 Å². The lowest BCUT2D eigenvalue weighted by Crippen LogP contribution is -2.29. The van der Waals surface area contributed by atoms with Gasteiger partial charge in [-0.1, -0.05) is 23.7 Å². The number of nitrogens with zero attached hydrogens (tertiary/aromatic N) is 2. The van der Waals surface area contributed by atoms with E-state index in [1.54, 1.807) is 24.3 Å². The monoisotopic (exact) mass is 449 g/mol. The Morgan fingerprint density at radius 3 is 2.47 bits per heavy atom. The standard InChI is InChI=1S/C24H17ClFN3O3/c25-17-3-1-15(2-4-17)12-28-22(30)14-29-13-20(23(31)16-7-9-27-10-8-16)24(32)19-6-5-18(26)11-21(19)29/h1-11,13H,12,14H2,(H,28,30). The van der Waals surface area contributed by atoms with Crippen molar-refractivity contribution in [1.29, 1.82) is 0 Å². The highest BCUT2D eigenvalue weighted by atomic mass is 35.5. The van der Waals surface area contributed by atoms with Gasteiger partial charge in [0.15, 0.2) is 5.78 Å². The molecule has 0 spiro atoms. The highest BCUT2D eigenvalue weighted by Gasteiger charge is 2.18. The maximum atomic E-state index is 13.9. The van der Waals surface area contributed by atoms with Crippen molar-refractivity contribution in [3.8, 4) is 0 Å². The van der Waals surface area contributed by atoms with Crippen LogP contribution in [0.1, 0.15) is 21.5 Å². The van der Waals surface area contributed by atoms with Crippen molar-refractivity contribution in [2.24, 2.45) is 0 Å². The summed E-state index contributed by atoms with van der Waals surface area (Å²) in [5.41, 5.74) is 0.729. The Kier molecular flexibility index (Phi) is 6.09. The summed E-state index contributed by atoms with van der Waals surface area (Å²) in [5, 5.41) is 3.51. The fraction of sp³-hybridized carbons (Fsp3) is 0.0833. The van der Waals surface area contributed by atoms with Crippen LogP contribution in [0.2, 0.25) is 5.02 Å². The molecular weight excluding hydrogens is 433 g/mol. The van der Waals surface area contributed by atoms with Gasteiger partial charge in [0.1, 0.15) is 12.4 Å². The van der Waals surface area contributed by atoms with Crippen molar-refractivity contribution in [3.63, 3.8) is 0 Å². The van der Waals surface area contributed by atoms with Gasteiger partial charge in [0.2, 0.25) is 11.3 Å². The van der Waals surface area contributed by atoms with Crippen LogP contribution in [0, 0.1) is 5.82 Å². The third kappa shape index (κ3) is 4.58. The Morgan fingerprint density at radius 1 is 1.03 bits per heavy atom. The van der Waals surface area contributed by atoms with Crippen LogP contribution < -0.4 is 10.7 Å². The van der Waals surface area contributed by atoms with E-state index in [-0.39, 0.29) is 41.0 Å². The molecule has 2 aromatic heterocycles. The lowest BCUT2D eigenvalue weighted by molar-refractivity contribution is -0.121. The third-order valence-electron chi connectivity index (χ3n) is 4.95. The van der Waals surface area contributed by atoms with E-state index in [1.807, 2.05) is 0 Å². The smallest absolute Gasteiger partial charge is 0.240 e. The van der Waals surface area contributed by atoms with Crippen LogP contribution >= 0.6 is 11.6 Å². The maximum absolute atomic E-state index is 13.9. The molecule has 4 aromatic rings. The normalized spacial score (nSPS) is 10.8. The zero-order chi connectivity index (χ0) is 22.7. The number of carbonyl (C=O) groups excluding carboxylic acids is 2. The number of hydrogen-bond donors (Lipinski definition) is 1. The van der Waals surface area contributed by atoms with Gasteiger partial charge in [0, 0.05) is 41.1 Å². The molecule has 0 saturated carbocycles. The molecule has 160 valence electrons. The second-order valence-electron chi connectivity index (χ2n) is 7.13. The summed E-state index contributed by atoms with van der Waals surface area (Å²) in [6, 6.07) is 13.7. The first kappa shape index (κ1) is 21.4. The number of aromatic nitrogens is 2. The first-order valence-corrected chi connectivity index (χ1v) is 10.1. The Labute approximate surface area is 187 Å². The van der Waals surface area contributed by atoms with Gasteiger partial charge >= 0.3 is 0 Å². The van der Waals surface area contributed by atoms with Crippen molar-refractivity contribution in [1.82, 2.24) is 14.9 Å². The summed E-state index contributed by atoms with van der Waals surface area (Å²) in [6.45, 7) is 0.0652. The zero-order valence-corrected chi connectivity index (χ0v) is 17.5. The van der Waals surface area contributed by atoms with Crippen molar-refractivity contribution in [2.45, 2.75) is 13.1 Å². The van der Waals surface area contributed by atoms with Gasteiger partial charge < -0.3 is 9.88 Å². The van der Waals surface area contributed by atoms with Crippen LogP contribution in [-0.2, 0) is 17.9 Å². The molecular formula is C24H17ClFN3O3. The van der Waals surface area contributed by atoms with E-state index in [1.165, 1.54) is 47.4 Å². The van der Waals surface area contributed by atoms with E-state index >= 15 is 0 Å². The van der Waals surface area contributed by atoms with Gasteiger partial charge in [-0.05, 0) is 48.0 Å². The summed E-state index contributed by atoms with van der Waals surface area (Å²) in [4.78, 5) is 42.3. The number of fused-ring (bicyclic) bond motifs is 1. The molecule has 0 fully saturated rings. The molecule has 0 aliphatic rings. The van der Waals surface area contributed by atoms with E-state index in [2.05, 4.69) is 10.3 Å². The molecule has 0 aliphatic carbocycles. The molecule has 8 heteroatoms. The molecule has 1 amide bonds. The van der Waals surface area contributed by atoms with E-state index in [0.29, 0.717) is 5.02 Å². The Balaban J connectivity index is 1.67. The average molecular weight is 450 g/mol. The van der Waals surface area contributed by atoms with Gasteiger partial charge in [-0.15, -0.1) is 0 Å². The number of carbonyl (C=O) groups is 2. The number of amides is 1. The SMILES string of the molecule is O=C(Cn1cc(C(=O)c2ccncc2)c(=O)c2ccc(F)cc21)NCc1ccc(Cl)cc1. The van der Waals surface area contributed by atoms with Crippen LogP contribution in [0.5, 0.6) is 0 Å². The first-order valence-electron chi connectivity index (χ1n) is 9.71. The molecule has 1 N–H and O–H groups in total. The van der Waals surface area contributed by atoms with Crippen LogP contribution in [0.25, 0.3) is 10.9 Å². The quantitative estimate of drug-likeness (QED) is 0.455. The molecule has 2 heterocycles. The zero-order valence-electron chi connectivity index (χ0n) is 16.7. The first-order chi connectivity index (χ1) is 15.4. The van der Waals surface area contributed by atoms with Crippen LogP contribution in [0.15, 0.2) is 78.0 Å². The van der Waals surface area contributed by atoms with E-state index < -0.39 is 17.0 Å². The Bertz CT molecular complexity index is 1370. The van der Waals surface area contributed by atoms with Crippen molar-refractivity contribution in [2.75, 3.05) is 0 Å². The third-order valence-corrected chi connectivity index (χ3v) is 5.20. The highest BCUT2D eigenvalue weighted by molar-refractivity contribution is 6.30. The summed E-state index contributed by atoms with van der Waals surface area (Å²) >= 11 is 5.87. The second-order valence-corrected chi connectivity index (χ2v) is 7.57. The molecule has 0 aliphatic heterocycles. The average Bonchev–Trinajstić information content (AvgIpc) is 2.80. The van der Waals surface area contributed by atoms with Crippen LogP contribution in [-0.4, -0.2) is 21.2 Å². The minimum atomic E-state index is -0.555. The van der Waals surface area contributed by atoms with Crippen LogP contribution in [0.3, 0.4) is 0 Å². The lowest BCUT2D eigenvalue weighted by Gasteiger charge is -2.14. The number of rotatable bonds is 6. The second kappa shape index (κ2) is 9.11. The number of halogens is 2. The van der Waals surface area contributed by atoms with Crippen molar-refractivity contribution >= 4 is 34.2 Å². The van der Waals surface area contributed by atoms with E-state index in [4.69, 9.17) is 11.6 Å². The molecule has 4 rings (SSSR count). The van der Waals surface area contributed by atoms with Crippen LogP contribution in [0.4, 0.5) is 4.39 Å². The number of hydrogen-bond acceptors (Lipinski definition) is 4. The van der Waals surface area contributed by atoms with E-state index in [9.17, 15) is 18.8 Å². The number of pyridine rings is 2. The molecule has 6 nitrogen and oxygen atoms in total. The predicted octanol–water partition coefficient (Wildman–Crippen LogP) is 3.74. The number of nitrogens with one attached hydrogen (secondary N) is 1. The van der Waals surface area contributed by atoms with Crippen molar-refractivity contribution in [3.05, 3.63) is 111 Å². The topological polar surface area (TPSA) is 81.1 Å². The number of ketones is 1. The highest BCUT2D eigenvalue weighted by Crippen LogP contribution is 2.16. The summed E-state index contributed by atoms with van der Waals surface area (Å²) in [6.07, 6.45) is 4.20. The van der Waals surface area contributed by atoms with Gasteiger partial charge in [-0.25, -0.2) is 4.39 Å². The molecule has 0 bridgehead atoms. The minimum Gasteiger partial charge on any atom is -0.350 e. The number of benzene rings is 2. The van der Waals surface area contributed by atoms with Crippen molar-refractivity contribution < 1.29 is 14.0 Å².